The molecule has 2 N–H and O–H groups in total. The van der Waals surface area contributed by atoms with Gasteiger partial charge in [0.25, 0.3) is 5.91 Å². The maximum atomic E-state index is 12.0. The van der Waals surface area contributed by atoms with Crippen molar-refractivity contribution in [2.45, 2.75) is 52.0 Å². The molecule has 5 heteroatoms. The molecule has 0 aromatic carbocycles. The van der Waals surface area contributed by atoms with Gasteiger partial charge in [-0.25, -0.2) is 4.79 Å². The van der Waals surface area contributed by atoms with Crippen molar-refractivity contribution in [3.63, 3.8) is 0 Å². The zero-order valence-corrected chi connectivity index (χ0v) is 11.4. The molecular weight excluding hydrogens is 246 g/mol. The summed E-state index contributed by atoms with van der Waals surface area (Å²) in [5, 5.41) is 11.6. The maximum Gasteiger partial charge on any atom is 0.326 e. The predicted octanol–water partition coefficient (Wildman–Crippen LogP) is 2.61. The van der Waals surface area contributed by atoms with E-state index in [1.807, 2.05) is 13.8 Å². The number of aliphatic carboxylic acids is 1. The van der Waals surface area contributed by atoms with E-state index >= 15 is 0 Å². The molecule has 0 radical (unpaired) electrons. The summed E-state index contributed by atoms with van der Waals surface area (Å²) in [7, 11) is 0. The van der Waals surface area contributed by atoms with Gasteiger partial charge < -0.3 is 14.8 Å². The molecule has 1 aromatic rings. The van der Waals surface area contributed by atoms with Gasteiger partial charge in [0.1, 0.15) is 11.8 Å². The van der Waals surface area contributed by atoms with E-state index in [-0.39, 0.29) is 5.91 Å². The van der Waals surface area contributed by atoms with Crippen molar-refractivity contribution in [1.82, 2.24) is 5.32 Å². The van der Waals surface area contributed by atoms with Crippen LogP contribution in [0, 0.1) is 0 Å². The average Bonchev–Trinajstić information content (AvgIpc) is 2.82. The highest BCUT2D eigenvalue weighted by Gasteiger charge is 2.22. The highest BCUT2D eigenvalue weighted by Crippen LogP contribution is 2.13. The van der Waals surface area contributed by atoms with E-state index in [0.717, 1.165) is 19.3 Å². The van der Waals surface area contributed by atoms with Crippen molar-refractivity contribution in [2.75, 3.05) is 0 Å². The normalized spacial score (nSPS) is 12.1. The van der Waals surface area contributed by atoms with Crippen molar-refractivity contribution in [2.24, 2.45) is 0 Å². The van der Waals surface area contributed by atoms with Gasteiger partial charge in [-0.05, 0) is 18.9 Å². The number of amides is 1. The van der Waals surface area contributed by atoms with Gasteiger partial charge in [-0.2, -0.15) is 0 Å². The molecule has 0 bridgehead atoms. The van der Waals surface area contributed by atoms with Gasteiger partial charge in [0.15, 0.2) is 0 Å². The molecule has 1 amide bonds. The number of unbranched alkanes of at least 4 members (excludes halogenated alkanes) is 1. The predicted molar refractivity (Wildman–Crippen MR) is 71.1 cm³/mol. The van der Waals surface area contributed by atoms with Gasteiger partial charge in [-0.3, -0.25) is 4.79 Å². The van der Waals surface area contributed by atoms with Gasteiger partial charge >= 0.3 is 5.97 Å². The van der Waals surface area contributed by atoms with Crippen molar-refractivity contribution in [3.05, 3.63) is 23.7 Å². The summed E-state index contributed by atoms with van der Waals surface area (Å²) >= 11 is 0. The second-order valence-electron chi connectivity index (χ2n) is 4.51. The Morgan fingerprint density at radius 2 is 2.11 bits per heavy atom. The minimum Gasteiger partial charge on any atom is -0.480 e. The lowest BCUT2D eigenvalue weighted by atomic mass is 10.1. The van der Waals surface area contributed by atoms with E-state index in [1.54, 1.807) is 6.07 Å². The molecule has 0 fully saturated rings. The van der Waals surface area contributed by atoms with Crippen LogP contribution in [-0.2, 0) is 11.2 Å². The molecule has 106 valence electrons. The molecule has 0 aliphatic carbocycles. The number of carbonyl (C=O) groups excluding carboxylic acids is 1. The highest BCUT2D eigenvalue weighted by molar-refractivity contribution is 5.97. The van der Waals surface area contributed by atoms with Crippen LogP contribution in [0.3, 0.4) is 0 Å². The molecule has 0 saturated heterocycles. The Morgan fingerprint density at radius 1 is 1.37 bits per heavy atom. The first-order valence-electron chi connectivity index (χ1n) is 6.70. The number of rotatable bonds is 8. The van der Waals surface area contributed by atoms with Gasteiger partial charge in [-0.1, -0.05) is 26.7 Å². The quantitative estimate of drug-likeness (QED) is 0.758. The lowest BCUT2D eigenvalue weighted by Gasteiger charge is -2.13. The van der Waals surface area contributed by atoms with Crippen LogP contribution >= 0.6 is 0 Å². The first kappa shape index (κ1) is 15.3. The largest absolute Gasteiger partial charge is 0.480 e. The van der Waals surface area contributed by atoms with Crippen LogP contribution in [0.15, 0.2) is 16.7 Å². The number of aryl methyl sites for hydroxylation is 1. The van der Waals surface area contributed by atoms with Crippen LogP contribution in [0.2, 0.25) is 0 Å². The number of nitrogens with one attached hydrogen (secondary N) is 1. The molecule has 1 aromatic heterocycles. The summed E-state index contributed by atoms with van der Waals surface area (Å²) in [6.45, 7) is 3.97. The Bertz CT molecular complexity index is 425. The summed E-state index contributed by atoms with van der Waals surface area (Å²) in [5.41, 5.74) is 0.435. The summed E-state index contributed by atoms with van der Waals surface area (Å²) in [5.74, 6) is -0.761. The van der Waals surface area contributed by atoms with Crippen molar-refractivity contribution >= 4 is 11.9 Å². The zero-order chi connectivity index (χ0) is 14.3. The van der Waals surface area contributed by atoms with Crippen LogP contribution in [0.1, 0.15) is 55.6 Å². The van der Waals surface area contributed by atoms with E-state index < -0.39 is 12.0 Å². The van der Waals surface area contributed by atoms with Gasteiger partial charge in [-0.15, -0.1) is 0 Å². The van der Waals surface area contributed by atoms with Crippen LogP contribution in [0.4, 0.5) is 0 Å². The average molecular weight is 267 g/mol. The van der Waals surface area contributed by atoms with Crippen molar-refractivity contribution < 1.29 is 19.1 Å². The Morgan fingerprint density at radius 3 is 2.68 bits per heavy atom. The summed E-state index contributed by atoms with van der Waals surface area (Å²) in [6.07, 6.45) is 5.10. The van der Waals surface area contributed by atoms with Crippen molar-refractivity contribution in [3.8, 4) is 0 Å². The molecular formula is C14H21NO4. The van der Waals surface area contributed by atoms with Gasteiger partial charge in [0.2, 0.25) is 0 Å². The molecule has 1 unspecified atom stereocenters. The van der Waals surface area contributed by atoms with Crippen LogP contribution in [0.25, 0.3) is 0 Å². The molecule has 0 saturated carbocycles. The van der Waals surface area contributed by atoms with Crippen LogP contribution in [-0.4, -0.2) is 23.0 Å². The lowest BCUT2D eigenvalue weighted by Crippen LogP contribution is -2.40. The first-order valence-corrected chi connectivity index (χ1v) is 6.70. The molecule has 1 atom stereocenters. The molecule has 0 aliphatic rings. The van der Waals surface area contributed by atoms with Crippen LogP contribution in [0.5, 0.6) is 0 Å². The topological polar surface area (TPSA) is 79.5 Å². The number of furan rings is 1. The van der Waals surface area contributed by atoms with E-state index in [4.69, 9.17) is 9.52 Å². The lowest BCUT2D eigenvalue weighted by molar-refractivity contribution is -0.139. The van der Waals surface area contributed by atoms with E-state index in [1.165, 1.54) is 6.26 Å². The smallest absolute Gasteiger partial charge is 0.326 e. The standard InChI is InChI=1S/C14H21NO4/c1-3-5-7-11(14(17)18)15-13(16)10-8-9-19-12(10)6-4-2/h8-9,11H,3-7H2,1-2H3,(H,15,16)(H,17,18). The van der Waals surface area contributed by atoms with E-state index in [9.17, 15) is 9.59 Å². The Labute approximate surface area is 113 Å². The zero-order valence-electron chi connectivity index (χ0n) is 11.4. The monoisotopic (exact) mass is 267 g/mol. The summed E-state index contributed by atoms with van der Waals surface area (Å²) in [6, 6.07) is 0.746. The fourth-order valence-corrected chi connectivity index (χ4v) is 1.87. The minimum atomic E-state index is -0.998. The SMILES string of the molecule is CCCCC(NC(=O)c1ccoc1CCC)C(=O)O. The van der Waals surface area contributed by atoms with Crippen LogP contribution < -0.4 is 5.32 Å². The summed E-state index contributed by atoms with van der Waals surface area (Å²) in [4.78, 5) is 23.1. The number of hydrogen-bond acceptors (Lipinski definition) is 3. The number of hydrogen-bond donors (Lipinski definition) is 2. The molecule has 0 spiro atoms. The second-order valence-corrected chi connectivity index (χ2v) is 4.51. The fraction of sp³-hybridized carbons (Fsp3) is 0.571. The first-order chi connectivity index (χ1) is 9.10. The van der Waals surface area contributed by atoms with Gasteiger partial charge in [0.05, 0.1) is 11.8 Å². The second kappa shape index (κ2) is 7.61. The third kappa shape index (κ3) is 4.43. The Hall–Kier alpha value is -1.78. The molecule has 19 heavy (non-hydrogen) atoms. The third-order valence-electron chi connectivity index (χ3n) is 2.92. The van der Waals surface area contributed by atoms with Gasteiger partial charge in [0, 0.05) is 6.42 Å². The Balaban J connectivity index is 2.70. The molecule has 0 aliphatic heterocycles. The number of carboxylic acid groups (broad SMARTS) is 1. The number of carbonyl (C=O) groups is 2. The fourth-order valence-electron chi connectivity index (χ4n) is 1.87. The van der Waals surface area contributed by atoms with Crippen molar-refractivity contribution in [1.29, 1.82) is 0 Å². The molecule has 1 heterocycles. The Kier molecular flexibility index (Phi) is 6.12. The van der Waals surface area contributed by atoms with E-state index in [2.05, 4.69) is 5.32 Å². The molecule has 5 nitrogen and oxygen atoms in total. The highest BCUT2D eigenvalue weighted by atomic mass is 16.4. The maximum absolute atomic E-state index is 12.0. The van der Waals surface area contributed by atoms with E-state index in [0.29, 0.717) is 24.2 Å². The third-order valence-corrected chi connectivity index (χ3v) is 2.92. The molecule has 1 rings (SSSR count). The summed E-state index contributed by atoms with van der Waals surface area (Å²) < 4.78 is 5.24. The number of carboxylic acids is 1. The minimum absolute atomic E-state index is 0.374.